The molecule has 0 aliphatic heterocycles. The van der Waals surface area contributed by atoms with Gasteiger partial charge in [0.15, 0.2) is 11.6 Å². The monoisotopic (exact) mass is 358 g/mol. The summed E-state index contributed by atoms with van der Waals surface area (Å²) in [7, 11) is 5.09. The molecule has 0 aromatic heterocycles. The molecule has 0 N–H and O–H groups in total. The van der Waals surface area contributed by atoms with Crippen molar-refractivity contribution in [3.05, 3.63) is 65.0 Å². The summed E-state index contributed by atoms with van der Waals surface area (Å²) in [6, 6.07) is 13.2. The van der Waals surface area contributed by atoms with Crippen LogP contribution < -0.4 is 4.74 Å². The average Bonchev–Trinajstić information content (AvgIpc) is 2.62. The van der Waals surface area contributed by atoms with Crippen LogP contribution in [-0.2, 0) is 24.3 Å². The van der Waals surface area contributed by atoms with Crippen LogP contribution in [0.1, 0.15) is 23.6 Å². The molecule has 140 valence electrons. The second-order valence-corrected chi connectivity index (χ2v) is 6.56. The predicted molar refractivity (Wildman–Crippen MR) is 102 cm³/mol. The summed E-state index contributed by atoms with van der Waals surface area (Å²) in [4.78, 5) is 16.0. The fourth-order valence-electron chi connectivity index (χ4n) is 2.77. The van der Waals surface area contributed by atoms with Crippen molar-refractivity contribution in [2.45, 2.75) is 26.4 Å². The molecule has 2 aromatic rings. The Balaban J connectivity index is 1.87. The molecule has 4 nitrogen and oxygen atoms in total. The Morgan fingerprint density at radius 2 is 1.62 bits per heavy atom. The number of halogens is 1. The molecule has 0 saturated heterocycles. The van der Waals surface area contributed by atoms with Gasteiger partial charge in [0.2, 0.25) is 5.91 Å². The lowest BCUT2D eigenvalue weighted by molar-refractivity contribution is -0.131. The molecule has 0 unspecified atom stereocenters. The van der Waals surface area contributed by atoms with Gasteiger partial charge in [0.25, 0.3) is 0 Å². The molecular formula is C21H27FN2O2. The summed E-state index contributed by atoms with van der Waals surface area (Å²) in [5.41, 5.74) is 3.20. The molecule has 0 heterocycles. The molecule has 0 aliphatic carbocycles. The number of hydrogen-bond acceptors (Lipinski definition) is 3. The van der Waals surface area contributed by atoms with Crippen molar-refractivity contribution in [3.63, 3.8) is 0 Å². The number of rotatable bonds is 8. The van der Waals surface area contributed by atoms with Gasteiger partial charge in [-0.15, -0.1) is 0 Å². The number of likely N-dealkylation sites (N-methyl/N-ethyl adjacent to an activating group) is 2. The van der Waals surface area contributed by atoms with Crippen molar-refractivity contribution in [2.24, 2.45) is 0 Å². The highest BCUT2D eigenvalue weighted by Crippen LogP contribution is 2.18. The minimum atomic E-state index is -0.391. The average molecular weight is 358 g/mol. The second-order valence-electron chi connectivity index (χ2n) is 6.56. The largest absolute Gasteiger partial charge is 0.494 e. The van der Waals surface area contributed by atoms with Crippen molar-refractivity contribution in [2.75, 3.05) is 27.7 Å². The van der Waals surface area contributed by atoms with Gasteiger partial charge in [-0.05, 0) is 42.3 Å². The van der Waals surface area contributed by atoms with Crippen LogP contribution in [0.3, 0.4) is 0 Å². The molecule has 0 saturated carbocycles. The third-order valence-corrected chi connectivity index (χ3v) is 4.35. The van der Waals surface area contributed by atoms with Gasteiger partial charge in [0.1, 0.15) is 0 Å². The van der Waals surface area contributed by atoms with Gasteiger partial charge in [-0.2, -0.15) is 0 Å². The van der Waals surface area contributed by atoms with E-state index in [1.54, 1.807) is 18.0 Å². The van der Waals surface area contributed by atoms with Crippen LogP contribution in [0, 0.1) is 5.82 Å². The summed E-state index contributed by atoms with van der Waals surface area (Å²) >= 11 is 0. The van der Waals surface area contributed by atoms with Gasteiger partial charge >= 0.3 is 0 Å². The van der Waals surface area contributed by atoms with E-state index in [1.807, 2.05) is 18.0 Å². The highest BCUT2D eigenvalue weighted by molar-refractivity contribution is 5.77. The normalized spacial score (nSPS) is 10.8. The first-order valence-electron chi connectivity index (χ1n) is 8.75. The predicted octanol–water partition coefficient (Wildman–Crippen LogP) is 3.49. The third-order valence-electron chi connectivity index (χ3n) is 4.35. The maximum Gasteiger partial charge on any atom is 0.236 e. The van der Waals surface area contributed by atoms with Crippen molar-refractivity contribution < 1.29 is 13.9 Å². The summed E-state index contributed by atoms with van der Waals surface area (Å²) in [5, 5.41) is 0. The molecule has 0 bridgehead atoms. The lowest BCUT2D eigenvalue weighted by Crippen LogP contribution is -2.36. The number of methoxy groups -OCH3 is 1. The maximum atomic E-state index is 13.8. The molecular weight excluding hydrogens is 331 g/mol. The molecule has 2 rings (SSSR count). The Bertz CT molecular complexity index is 731. The van der Waals surface area contributed by atoms with Crippen LogP contribution in [0.5, 0.6) is 5.75 Å². The third kappa shape index (κ3) is 5.56. The number of hydrogen-bond donors (Lipinski definition) is 0. The molecule has 0 atom stereocenters. The number of amides is 1. The van der Waals surface area contributed by atoms with Gasteiger partial charge in [-0.1, -0.05) is 37.3 Å². The summed E-state index contributed by atoms with van der Waals surface area (Å²) in [5.74, 6) is -0.139. The molecule has 0 spiro atoms. The molecule has 0 aliphatic rings. The Kier molecular flexibility index (Phi) is 7.16. The van der Waals surface area contributed by atoms with E-state index in [-0.39, 0.29) is 18.2 Å². The summed E-state index contributed by atoms with van der Waals surface area (Å²) < 4.78 is 18.7. The van der Waals surface area contributed by atoms with E-state index in [1.165, 1.54) is 18.7 Å². The fourth-order valence-corrected chi connectivity index (χ4v) is 2.77. The van der Waals surface area contributed by atoms with Crippen molar-refractivity contribution in [3.8, 4) is 5.75 Å². The van der Waals surface area contributed by atoms with E-state index >= 15 is 0 Å². The highest BCUT2D eigenvalue weighted by atomic mass is 19.1. The minimum Gasteiger partial charge on any atom is -0.494 e. The van der Waals surface area contributed by atoms with E-state index in [2.05, 4.69) is 31.2 Å². The van der Waals surface area contributed by atoms with E-state index in [0.29, 0.717) is 13.1 Å². The molecule has 0 fully saturated rings. The quantitative estimate of drug-likeness (QED) is 0.724. The topological polar surface area (TPSA) is 32.8 Å². The highest BCUT2D eigenvalue weighted by Gasteiger charge is 2.13. The Hall–Kier alpha value is -2.40. The van der Waals surface area contributed by atoms with Crippen LogP contribution in [0.15, 0.2) is 42.5 Å². The molecule has 5 heteroatoms. The number of carbonyl (C=O) groups excluding carboxylic acids is 1. The molecule has 0 radical (unpaired) electrons. The standard InChI is InChI=1S/C21H27FN2O2/c1-5-16-6-8-17(9-7-16)14-24(3)21(25)15-23(2)13-18-10-11-20(26-4)19(22)12-18/h6-12H,5,13-15H2,1-4H3. The summed E-state index contributed by atoms with van der Waals surface area (Å²) in [6.07, 6.45) is 1.01. The van der Waals surface area contributed by atoms with Crippen molar-refractivity contribution >= 4 is 5.91 Å². The van der Waals surface area contributed by atoms with E-state index in [9.17, 15) is 9.18 Å². The van der Waals surface area contributed by atoms with Crippen LogP contribution in [0.2, 0.25) is 0 Å². The van der Waals surface area contributed by atoms with Gasteiger partial charge < -0.3 is 9.64 Å². The zero-order valence-electron chi connectivity index (χ0n) is 16.0. The molecule has 1 amide bonds. The van der Waals surface area contributed by atoms with Gasteiger partial charge in [0, 0.05) is 20.1 Å². The lowest BCUT2D eigenvalue weighted by Gasteiger charge is -2.22. The van der Waals surface area contributed by atoms with Crippen molar-refractivity contribution in [1.29, 1.82) is 0 Å². The van der Waals surface area contributed by atoms with E-state index in [0.717, 1.165) is 17.5 Å². The number of aryl methyl sites for hydroxylation is 1. The fraction of sp³-hybridized carbons (Fsp3) is 0.381. The van der Waals surface area contributed by atoms with Crippen LogP contribution in [0.4, 0.5) is 4.39 Å². The number of benzene rings is 2. The van der Waals surface area contributed by atoms with E-state index < -0.39 is 5.82 Å². The smallest absolute Gasteiger partial charge is 0.236 e. The van der Waals surface area contributed by atoms with E-state index in [4.69, 9.17) is 4.74 Å². The Labute approximate surface area is 155 Å². The molecule has 2 aromatic carbocycles. The first-order chi connectivity index (χ1) is 12.4. The number of nitrogens with zero attached hydrogens (tertiary/aromatic N) is 2. The lowest BCUT2D eigenvalue weighted by atomic mass is 10.1. The first-order valence-corrected chi connectivity index (χ1v) is 8.75. The van der Waals surface area contributed by atoms with Gasteiger partial charge in [-0.25, -0.2) is 4.39 Å². The summed E-state index contributed by atoms with van der Waals surface area (Å²) in [6.45, 7) is 3.46. The molecule has 26 heavy (non-hydrogen) atoms. The number of ether oxygens (including phenoxy) is 1. The Morgan fingerprint density at radius 3 is 2.19 bits per heavy atom. The Morgan fingerprint density at radius 1 is 1.00 bits per heavy atom. The maximum absolute atomic E-state index is 13.8. The first kappa shape index (κ1) is 19.9. The zero-order valence-corrected chi connectivity index (χ0v) is 16.0. The second kappa shape index (κ2) is 9.34. The van der Waals surface area contributed by atoms with Gasteiger partial charge in [-0.3, -0.25) is 9.69 Å². The van der Waals surface area contributed by atoms with Gasteiger partial charge in [0.05, 0.1) is 13.7 Å². The minimum absolute atomic E-state index is 0.0288. The van der Waals surface area contributed by atoms with Crippen LogP contribution >= 0.6 is 0 Å². The van der Waals surface area contributed by atoms with Crippen molar-refractivity contribution in [1.82, 2.24) is 9.80 Å². The SMILES string of the molecule is CCc1ccc(CN(C)C(=O)CN(C)Cc2ccc(OC)c(F)c2)cc1. The van der Waals surface area contributed by atoms with Crippen LogP contribution in [-0.4, -0.2) is 43.5 Å². The van der Waals surface area contributed by atoms with Crippen LogP contribution in [0.25, 0.3) is 0 Å². The zero-order chi connectivity index (χ0) is 19.1. The number of carbonyl (C=O) groups is 1.